The Kier molecular flexibility index (Phi) is 6.10. The van der Waals surface area contributed by atoms with Crippen molar-refractivity contribution < 1.29 is 8.42 Å². The van der Waals surface area contributed by atoms with Gasteiger partial charge >= 0.3 is 0 Å². The minimum Gasteiger partial charge on any atom is -0.313 e. The first-order valence-electron chi connectivity index (χ1n) is 5.77. The summed E-state index contributed by atoms with van der Waals surface area (Å²) in [5.41, 5.74) is 0. The molecule has 1 aliphatic carbocycles. The summed E-state index contributed by atoms with van der Waals surface area (Å²) in [4.78, 5) is 0. The highest BCUT2D eigenvalue weighted by molar-refractivity contribution is 7.98. The van der Waals surface area contributed by atoms with Crippen LogP contribution < -0.4 is 10.0 Å². The quantitative estimate of drug-likeness (QED) is 0.606. The lowest BCUT2D eigenvalue weighted by Crippen LogP contribution is -2.40. The summed E-state index contributed by atoms with van der Waals surface area (Å²) < 4.78 is 26.2. The molecule has 0 aromatic rings. The maximum absolute atomic E-state index is 11.8. The largest absolute Gasteiger partial charge is 0.313 e. The van der Waals surface area contributed by atoms with Gasteiger partial charge in [0.05, 0.1) is 5.25 Å². The molecule has 0 heterocycles. The molecule has 0 aromatic heterocycles. The van der Waals surface area contributed by atoms with Gasteiger partial charge in [-0.3, -0.25) is 0 Å². The SMILES string of the molecule is CSCCCNS(=O)(=O)C(C)CNC1CC1. The first-order valence-corrected chi connectivity index (χ1v) is 8.71. The number of sulfonamides is 1. The molecule has 96 valence electrons. The molecular weight excluding hydrogens is 244 g/mol. The van der Waals surface area contributed by atoms with Gasteiger partial charge in [0, 0.05) is 19.1 Å². The standard InChI is InChI=1S/C10H22N2O2S2/c1-9(8-11-10-4-5-10)16(13,14)12-6-3-7-15-2/h9-12H,3-8H2,1-2H3. The second-order valence-corrected chi connectivity index (χ2v) is 7.45. The monoisotopic (exact) mass is 266 g/mol. The van der Waals surface area contributed by atoms with Gasteiger partial charge in [0.25, 0.3) is 0 Å². The fraction of sp³-hybridized carbons (Fsp3) is 1.00. The molecule has 0 amide bonds. The van der Waals surface area contributed by atoms with E-state index in [0.717, 1.165) is 12.2 Å². The number of thioether (sulfide) groups is 1. The second-order valence-electron chi connectivity index (χ2n) is 4.28. The van der Waals surface area contributed by atoms with Crippen LogP contribution in [0.25, 0.3) is 0 Å². The lowest BCUT2D eigenvalue weighted by molar-refractivity contribution is 0.557. The molecule has 1 fully saturated rings. The van der Waals surface area contributed by atoms with Crippen LogP contribution in [0.1, 0.15) is 26.2 Å². The third-order valence-corrected chi connectivity index (χ3v) is 5.16. The van der Waals surface area contributed by atoms with E-state index in [0.29, 0.717) is 19.1 Å². The molecule has 2 N–H and O–H groups in total. The Morgan fingerprint density at radius 2 is 2.12 bits per heavy atom. The molecule has 4 nitrogen and oxygen atoms in total. The van der Waals surface area contributed by atoms with Crippen LogP contribution in [0.5, 0.6) is 0 Å². The van der Waals surface area contributed by atoms with Gasteiger partial charge in [0.2, 0.25) is 10.0 Å². The molecule has 1 saturated carbocycles. The average molecular weight is 266 g/mol. The van der Waals surface area contributed by atoms with Crippen molar-refractivity contribution in [1.82, 2.24) is 10.0 Å². The van der Waals surface area contributed by atoms with Crippen molar-refractivity contribution in [2.24, 2.45) is 0 Å². The predicted octanol–water partition coefficient (Wildman–Crippen LogP) is 0.799. The number of hydrogen-bond donors (Lipinski definition) is 2. The normalized spacial score (nSPS) is 18.6. The van der Waals surface area contributed by atoms with Gasteiger partial charge in [0.15, 0.2) is 0 Å². The molecule has 1 rings (SSSR count). The van der Waals surface area contributed by atoms with Gasteiger partial charge in [-0.1, -0.05) is 0 Å². The summed E-state index contributed by atoms with van der Waals surface area (Å²) in [5.74, 6) is 0.997. The summed E-state index contributed by atoms with van der Waals surface area (Å²) in [7, 11) is -3.13. The minimum absolute atomic E-state index is 0.345. The van der Waals surface area contributed by atoms with E-state index in [1.165, 1.54) is 12.8 Å². The Balaban J connectivity index is 2.18. The van der Waals surface area contributed by atoms with Crippen molar-refractivity contribution in [2.45, 2.75) is 37.5 Å². The van der Waals surface area contributed by atoms with Crippen molar-refractivity contribution in [3.05, 3.63) is 0 Å². The van der Waals surface area contributed by atoms with E-state index in [2.05, 4.69) is 10.0 Å². The number of rotatable bonds is 9. The lowest BCUT2D eigenvalue weighted by Gasteiger charge is -2.14. The van der Waals surface area contributed by atoms with E-state index < -0.39 is 10.0 Å². The third-order valence-electron chi connectivity index (χ3n) is 2.63. The van der Waals surface area contributed by atoms with Crippen LogP contribution in [0.3, 0.4) is 0 Å². The van der Waals surface area contributed by atoms with E-state index in [4.69, 9.17) is 0 Å². The van der Waals surface area contributed by atoms with E-state index in [9.17, 15) is 8.42 Å². The summed E-state index contributed by atoms with van der Waals surface area (Å²) in [5, 5.41) is 2.90. The first-order chi connectivity index (χ1) is 7.56. The number of hydrogen-bond acceptors (Lipinski definition) is 4. The zero-order valence-electron chi connectivity index (χ0n) is 10.0. The molecule has 1 unspecified atom stereocenters. The van der Waals surface area contributed by atoms with E-state index in [1.807, 2.05) is 6.26 Å². The average Bonchev–Trinajstić information content (AvgIpc) is 3.04. The third kappa shape index (κ3) is 5.52. The van der Waals surface area contributed by atoms with Gasteiger partial charge in [-0.15, -0.1) is 0 Å². The Labute approximate surface area is 103 Å². The molecular formula is C10H22N2O2S2. The van der Waals surface area contributed by atoms with Gasteiger partial charge in [0.1, 0.15) is 0 Å². The molecule has 0 radical (unpaired) electrons. The smallest absolute Gasteiger partial charge is 0.215 e. The zero-order chi connectivity index (χ0) is 12.0. The molecule has 0 aromatic carbocycles. The van der Waals surface area contributed by atoms with Crippen LogP contribution in [0.4, 0.5) is 0 Å². The minimum atomic E-state index is -3.13. The van der Waals surface area contributed by atoms with Gasteiger partial charge in [-0.25, -0.2) is 13.1 Å². The summed E-state index contributed by atoms with van der Waals surface area (Å²) in [6.07, 6.45) is 5.29. The summed E-state index contributed by atoms with van der Waals surface area (Å²) >= 11 is 1.74. The molecule has 0 saturated heterocycles. The lowest BCUT2D eigenvalue weighted by atomic mass is 10.4. The predicted molar refractivity (Wildman–Crippen MR) is 70.4 cm³/mol. The van der Waals surface area contributed by atoms with E-state index in [-0.39, 0.29) is 5.25 Å². The zero-order valence-corrected chi connectivity index (χ0v) is 11.7. The highest BCUT2D eigenvalue weighted by atomic mass is 32.2. The summed E-state index contributed by atoms with van der Waals surface area (Å²) in [6, 6.07) is 0.564. The second kappa shape index (κ2) is 6.83. The van der Waals surface area contributed by atoms with Crippen molar-refractivity contribution in [3.63, 3.8) is 0 Å². The molecule has 0 aliphatic heterocycles. The molecule has 0 spiro atoms. The number of nitrogens with one attached hydrogen (secondary N) is 2. The van der Waals surface area contributed by atoms with Gasteiger partial charge in [-0.2, -0.15) is 11.8 Å². The Bertz CT molecular complexity index is 289. The van der Waals surface area contributed by atoms with E-state index in [1.54, 1.807) is 18.7 Å². The molecule has 1 aliphatic rings. The Morgan fingerprint density at radius 3 is 2.69 bits per heavy atom. The fourth-order valence-corrected chi connectivity index (χ4v) is 2.77. The maximum Gasteiger partial charge on any atom is 0.215 e. The van der Waals surface area contributed by atoms with Crippen LogP contribution in [0.2, 0.25) is 0 Å². The topological polar surface area (TPSA) is 58.2 Å². The van der Waals surface area contributed by atoms with Gasteiger partial charge < -0.3 is 5.32 Å². The molecule has 0 bridgehead atoms. The van der Waals surface area contributed by atoms with E-state index >= 15 is 0 Å². The summed E-state index contributed by atoms with van der Waals surface area (Å²) in [6.45, 7) is 2.87. The van der Waals surface area contributed by atoms with Gasteiger partial charge in [-0.05, 0) is 38.2 Å². The first kappa shape index (κ1) is 14.3. The van der Waals surface area contributed by atoms with Crippen molar-refractivity contribution in [1.29, 1.82) is 0 Å². The van der Waals surface area contributed by atoms with Crippen molar-refractivity contribution in [3.8, 4) is 0 Å². The fourth-order valence-electron chi connectivity index (χ4n) is 1.30. The Hall–Kier alpha value is 0.220. The van der Waals surface area contributed by atoms with Crippen LogP contribution in [0, 0.1) is 0 Å². The highest BCUT2D eigenvalue weighted by Crippen LogP contribution is 2.18. The van der Waals surface area contributed by atoms with Crippen LogP contribution in [-0.2, 0) is 10.0 Å². The maximum atomic E-state index is 11.8. The highest BCUT2D eigenvalue weighted by Gasteiger charge is 2.25. The van der Waals surface area contributed by atoms with Crippen LogP contribution in [-0.4, -0.2) is 44.8 Å². The molecule has 1 atom stereocenters. The van der Waals surface area contributed by atoms with Crippen LogP contribution in [0.15, 0.2) is 0 Å². The Morgan fingerprint density at radius 1 is 1.44 bits per heavy atom. The van der Waals surface area contributed by atoms with Crippen molar-refractivity contribution >= 4 is 21.8 Å². The molecule has 6 heteroatoms. The van der Waals surface area contributed by atoms with Crippen LogP contribution >= 0.6 is 11.8 Å². The van der Waals surface area contributed by atoms with Crippen molar-refractivity contribution in [2.75, 3.05) is 25.1 Å². The molecule has 16 heavy (non-hydrogen) atoms.